The number of aryl methyl sites for hydroxylation is 1. The summed E-state index contributed by atoms with van der Waals surface area (Å²) in [5.41, 5.74) is 7.30. The van der Waals surface area contributed by atoms with E-state index in [2.05, 4.69) is 15.5 Å². The number of carbonyl (C=O) groups excluding carboxylic acids is 1. The molecule has 1 aliphatic carbocycles. The van der Waals surface area contributed by atoms with Crippen LogP contribution in [0, 0.1) is 5.92 Å². The number of carbonyl (C=O) groups is 1. The van der Waals surface area contributed by atoms with Crippen molar-refractivity contribution in [3.63, 3.8) is 0 Å². The number of nitrogens with two attached hydrogens (primary N) is 1. The molecule has 0 aliphatic heterocycles. The maximum Gasteiger partial charge on any atom is 0.274 e. The third-order valence-corrected chi connectivity index (χ3v) is 3.49. The molecule has 0 radical (unpaired) electrons. The Morgan fingerprint density at radius 3 is 2.71 bits per heavy atom. The summed E-state index contributed by atoms with van der Waals surface area (Å²) in [6, 6.07) is 0. The maximum atomic E-state index is 12.1. The van der Waals surface area contributed by atoms with Gasteiger partial charge in [0.25, 0.3) is 5.91 Å². The molecule has 1 aliphatic rings. The first-order valence-electron chi connectivity index (χ1n) is 6.11. The Kier molecular flexibility index (Phi) is 2.85. The molecule has 94 valence electrons. The third kappa shape index (κ3) is 2.28. The lowest BCUT2D eigenvalue weighted by Gasteiger charge is -2.25. The summed E-state index contributed by atoms with van der Waals surface area (Å²) in [6.07, 6.45) is 3.12. The second kappa shape index (κ2) is 4.05. The van der Waals surface area contributed by atoms with Gasteiger partial charge in [0.1, 0.15) is 0 Å². The van der Waals surface area contributed by atoms with Gasteiger partial charge >= 0.3 is 0 Å². The Hall–Kier alpha value is -1.52. The number of aromatic nitrogens is 2. The van der Waals surface area contributed by atoms with Gasteiger partial charge in [0.05, 0.1) is 11.4 Å². The predicted octanol–water partition coefficient (Wildman–Crippen LogP) is 1.47. The van der Waals surface area contributed by atoms with Crippen LogP contribution >= 0.6 is 0 Å². The smallest absolute Gasteiger partial charge is 0.274 e. The van der Waals surface area contributed by atoms with Crippen LogP contribution in [0.1, 0.15) is 49.8 Å². The first-order valence-corrected chi connectivity index (χ1v) is 6.11. The molecule has 2 rings (SSSR count). The van der Waals surface area contributed by atoms with Crippen molar-refractivity contribution < 1.29 is 4.79 Å². The molecule has 1 heterocycles. The van der Waals surface area contributed by atoms with Crippen LogP contribution in [-0.4, -0.2) is 21.6 Å². The minimum absolute atomic E-state index is 0.172. The minimum Gasteiger partial charge on any atom is -0.395 e. The van der Waals surface area contributed by atoms with Crippen molar-refractivity contribution in [3.8, 4) is 0 Å². The lowest BCUT2D eigenvalue weighted by molar-refractivity contribution is 0.0899. The summed E-state index contributed by atoms with van der Waals surface area (Å²) in [6.45, 7) is 6.07. The number of anilines is 1. The molecule has 1 saturated carbocycles. The van der Waals surface area contributed by atoms with Crippen molar-refractivity contribution in [2.45, 2.75) is 45.6 Å². The monoisotopic (exact) mass is 236 g/mol. The van der Waals surface area contributed by atoms with Crippen LogP contribution in [0.3, 0.4) is 0 Å². The number of hydrogen-bond acceptors (Lipinski definition) is 3. The van der Waals surface area contributed by atoms with Crippen molar-refractivity contribution in [2.75, 3.05) is 5.73 Å². The SMILES string of the molecule is CCc1[nH]nc(C(=O)NC(C)(C)C2CC2)c1N. The molecular formula is C12H20N4O. The van der Waals surface area contributed by atoms with E-state index in [1.54, 1.807) is 0 Å². The number of amides is 1. The van der Waals surface area contributed by atoms with Crippen LogP contribution in [0.5, 0.6) is 0 Å². The standard InChI is InChI=1S/C12H20N4O/c1-4-8-9(13)10(16-15-8)11(17)14-12(2,3)7-5-6-7/h7H,4-6,13H2,1-3H3,(H,14,17)(H,15,16). The van der Waals surface area contributed by atoms with E-state index in [-0.39, 0.29) is 11.4 Å². The van der Waals surface area contributed by atoms with E-state index in [0.717, 1.165) is 12.1 Å². The molecule has 1 aromatic heterocycles. The van der Waals surface area contributed by atoms with E-state index in [4.69, 9.17) is 5.73 Å². The van der Waals surface area contributed by atoms with Crippen molar-refractivity contribution in [3.05, 3.63) is 11.4 Å². The fourth-order valence-electron chi connectivity index (χ4n) is 2.09. The highest BCUT2D eigenvalue weighted by Gasteiger charge is 2.39. The first-order chi connectivity index (χ1) is 7.95. The fraction of sp³-hybridized carbons (Fsp3) is 0.667. The van der Waals surface area contributed by atoms with E-state index in [1.165, 1.54) is 12.8 Å². The Bertz CT molecular complexity index is 432. The van der Waals surface area contributed by atoms with Gasteiger partial charge in [0.2, 0.25) is 0 Å². The summed E-state index contributed by atoms with van der Waals surface area (Å²) < 4.78 is 0. The molecule has 1 fully saturated rings. The van der Waals surface area contributed by atoms with Crippen LogP contribution in [0.15, 0.2) is 0 Å². The summed E-state index contributed by atoms with van der Waals surface area (Å²) in [5.74, 6) is 0.396. The molecule has 0 spiro atoms. The van der Waals surface area contributed by atoms with Crippen LogP contribution in [0.25, 0.3) is 0 Å². The van der Waals surface area contributed by atoms with Crippen molar-refractivity contribution in [1.82, 2.24) is 15.5 Å². The first kappa shape index (κ1) is 12.0. The van der Waals surface area contributed by atoms with Gasteiger partial charge in [0.15, 0.2) is 5.69 Å². The second-order valence-corrected chi connectivity index (χ2v) is 5.27. The zero-order chi connectivity index (χ0) is 12.6. The second-order valence-electron chi connectivity index (χ2n) is 5.27. The topological polar surface area (TPSA) is 83.8 Å². The van der Waals surface area contributed by atoms with E-state index < -0.39 is 0 Å². The highest BCUT2D eigenvalue weighted by Crippen LogP contribution is 2.39. The molecule has 1 aromatic rings. The molecular weight excluding hydrogens is 216 g/mol. The number of hydrogen-bond donors (Lipinski definition) is 3. The summed E-state index contributed by atoms with van der Waals surface area (Å²) in [4.78, 5) is 12.1. The quantitative estimate of drug-likeness (QED) is 0.740. The van der Waals surface area contributed by atoms with Gasteiger partial charge in [-0.1, -0.05) is 6.92 Å². The van der Waals surface area contributed by atoms with Crippen LogP contribution < -0.4 is 11.1 Å². The van der Waals surface area contributed by atoms with E-state index in [1.807, 2.05) is 20.8 Å². The van der Waals surface area contributed by atoms with Crippen molar-refractivity contribution in [2.24, 2.45) is 5.92 Å². The van der Waals surface area contributed by atoms with Gasteiger partial charge in [-0.2, -0.15) is 5.10 Å². The van der Waals surface area contributed by atoms with Gasteiger partial charge in [0, 0.05) is 5.54 Å². The Labute approximate surface area is 101 Å². The van der Waals surface area contributed by atoms with Gasteiger partial charge < -0.3 is 11.1 Å². The molecule has 0 saturated heterocycles. The highest BCUT2D eigenvalue weighted by atomic mass is 16.2. The maximum absolute atomic E-state index is 12.1. The molecule has 1 amide bonds. The predicted molar refractivity (Wildman–Crippen MR) is 66.6 cm³/mol. The molecule has 5 nitrogen and oxygen atoms in total. The summed E-state index contributed by atoms with van der Waals surface area (Å²) in [5, 5.41) is 9.80. The number of nitrogen functional groups attached to an aromatic ring is 1. The van der Waals surface area contributed by atoms with Crippen molar-refractivity contribution >= 4 is 11.6 Å². The zero-order valence-electron chi connectivity index (χ0n) is 10.6. The highest BCUT2D eigenvalue weighted by molar-refractivity contribution is 5.98. The molecule has 0 aromatic carbocycles. The van der Waals surface area contributed by atoms with Gasteiger partial charge in [-0.15, -0.1) is 0 Å². The molecule has 0 atom stereocenters. The molecule has 0 bridgehead atoms. The average molecular weight is 236 g/mol. The average Bonchev–Trinajstić information content (AvgIpc) is 3.02. The Morgan fingerprint density at radius 1 is 1.59 bits per heavy atom. The van der Waals surface area contributed by atoms with E-state index in [9.17, 15) is 4.79 Å². The van der Waals surface area contributed by atoms with Gasteiger partial charge in [-0.3, -0.25) is 9.89 Å². The third-order valence-electron chi connectivity index (χ3n) is 3.49. The lowest BCUT2D eigenvalue weighted by atomic mass is 9.98. The number of H-pyrrole nitrogens is 1. The van der Waals surface area contributed by atoms with Crippen molar-refractivity contribution in [1.29, 1.82) is 0 Å². The molecule has 17 heavy (non-hydrogen) atoms. The molecule has 0 unspecified atom stereocenters. The number of rotatable bonds is 4. The number of nitrogens with one attached hydrogen (secondary N) is 2. The van der Waals surface area contributed by atoms with Crippen LogP contribution in [0.4, 0.5) is 5.69 Å². The number of aromatic amines is 1. The van der Waals surface area contributed by atoms with Gasteiger partial charge in [-0.25, -0.2) is 0 Å². The zero-order valence-corrected chi connectivity index (χ0v) is 10.6. The Morgan fingerprint density at radius 2 is 2.24 bits per heavy atom. The fourth-order valence-corrected chi connectivity index (χ4v) is 2.09. The van der Waals surface area contributed by atoms with Crippen LogP contribution in [0.2, 0.25) is 0 Å². The molecule has 4 N–H and O–H groups in total. The summed E-state index contributed by atoms with van der Waals surface area (Å²) >= 11 is 0. The lowest BCUT2D eigenvalue weighted by Crippen LogP contribution is -2.45. The van der Waals surface area contributed by atoms with E-state index >= 15 is 0 Å². The van der Waals surface area contributed by atoms with E-state index in [0.29, 0.717) is 17.3 Å². The molecule has 5 heteroatoms. The summed E-state index contributed by atoms with van der Waals surface area (Å²) in [7, 11) is 0. The largest absolute Gasteiger partial charge is 0.395 e. The normalized spacial score (nSPS) is 15.9. The van der Waals surface area contributed by atoms with Gasteiger partial charge in [-0.05, 0) is 39.0 Å². The Balaban J connectivity index is 2.11. The number of nitrogens with zero attached hydrogens (tertiary/aromatic N) is 1. The van der Waals surface area contributed by atoms with Crippen LogP contribution in [-0.2, 0) is 6.42 Å². The minimum atomic E-state index is -0.185.